The molecule has 2 aromatic rings. The van der Waals surface area contributed by atoms with Gasteiger partial charge in [0.05, 0.1) is 5.69 Å². The molecule has 3 N–H and O–H groups in total. The van der Waals surface area contributed by atoms with E-state index < -0.39 is 6.09 Å². The monoisotopic (exact) mass is 290 g/mol. The highest BCUT2D eigenvalue weighted by Crippen LogP contribution is 2.20. The van der Waals surface area contributed by atoms with E-state index >= 15 is 0 Å². The molecule has 6 nitrogen and oxygen atoms in total. The van der Waals surface area contributed by atoms with Crippen molar-refractivity contribution >= 4 is 23.5 Å². The molecule has 102 valence electrons. The molecule has 0 bridgehead atoms. The molecule has 20 heavy (non-hydrogen) atoms. The molecule has 0 fully saturated rings. The van der Waals surface area contributed by atoms with Crippen molar-refractivity contribution in [2.75, 3.05) is 0 Å². The Morgan fingerprint density at radius 1 is 1.30 bits per heavy atom. The van der Waals surface area contributed by atoms with Gasteiger partial charge < -0.3 is 5.11 Å². The van der Waals surface area contributed by atoms with Gasteiger partial charge in [0.15, 0.2) is 5.84 Å². The molecule has 0 aliphatic carbocycles. The summed E-state index contributed by atoms with van der Waals surface area (Å²) < 4.78 is 0. The molecule has 0 unspecified atom stereocenters. The van der Waals surface area contributed by atoms with E-state index in [0.717, 1.165) is 5.56 Å². The van der Waals surface area contributed by atoms with E-state index in [1.54, 1.807) is 37.3 Å². The zero-order valence-electron chi connectivity index (χ0n) is 10.5. The molecule has 0 radical (unpaired) electrons. The lowest BCUT2D eigenvalue weighted by molar-refractivity contribution is 0.200. The van der Waals surface area contributed by atoms with Gasteiger partial charge in [0.1, 0.15) is 11.5 Å². The van der Waals surface area contributed by atoms with Gasteiger partial charge in [0, 0.05) is 10.6 Å². The van der Waals surface area contributed by atoms with Crippen LogP contribution in [0, 0.1) is 12.3 Å². The Labute approximate surface area is 120 Å². The number of carbonyl (C=O) groups is 1. The Kier molecular flexibility index (Phi) is 3.95. The number of aromatic nitrogens is 2. The fourth-order valence-corrected chi connectivity index (χ4v) is 1.76. The second kappa shape index (κ2) is 5.66. The summed E-state index contributed by atoms with van der Waals surface area (Å²) in [5.41, 5.74) is 1.62. The second-order valence-electron chi connectivity index (χ2n) is 4.00. The number of benzene rings is 1. The number of amidine groups is 1. The van der Waals surface area contributed by atoms with Crippen LogP contribution in [-0.4, -0.2) is 27.0 Å². The maximum atomic E-state index is 10.6. The molecule has 0 atom stereocenters. The Morgan fingerprint density at radius 3 is 2.55 bits per heavy atom. The predicted octanol–water partition coefficient (Wildman–Crippen LogP) is 2.70. The second-order valence-corrected chi connectivity index (χ2v) is 4.43. The highest BCUT2D eigenvalue weighted by molar-refractivity contribution is 6.30. The summed E-state index contributed by atoms with van der Waals surface area (Å²) in [6, 6.07) is 8.60. The molecular formula is C13H11ClN4O2. The van der Waals surface area contributed by atoms with Gasteiger partial charge in [-0.25, -0.2) is 14.8 Å². The van der Waals surface area contributed by atoms with Crippen LogP contribution in [-0.2, 0) is 0 Å². The lowest BCUT2D eigenvalue weighted by atomic mass is 10.1. The Balaban J connectivity index is 2.40. The van der Waals surface area contributed by atoms with Crippen LogP contribution < -0.4 is 5.32 Å². The van der Waals surface area contributed by atoms with Crippen molar-refractivity contribution in [2.24, 2.45) is 0 Å². The summed E-state index contributed by atoms with van der Waals surface area (Å²) in [6.07, 6.45) is -1.31. The minimum atomic E-state index is -1.31. The van der Waals surface area contributed by atoms with Crippen LogP contribution in [0.4, 0.5) is 4.79 Å². The molecule has 1 aromatic heterocycles. The topological polar surface area (TPSA) is 99.0 Å². The van der Waals surface area contributed by atoms with Crippen LogP contribution in [0.25, 0.3) is 11.3 Å². The van der Waals surface area contributed by atoms with Crippen LogP contribution >= 0.6 is 11.6 Å². The van der Waals surface area contributed by atoms with Gasteiger partial charge in [-0.15, -0.1) is 0 Å². The molecular weight excluding hydrogens is 280 g/mol. The Morgan fingerprint density at radius 2 is 1.95 bits per heavy atom. The largest absolute Gasteiger partial charge is 0.465 e. The SMILES string of the molecule is Cc1nc(C(=N)NC(=O)O)cc(-c2ccc(Cl)cc2)n1. The van der Waals surface area contributed by atoms with Crippen molar-refractivity contribution < 1.29 is 9.90 Å². The summed E-state index contributed by atoms with van der Waals surface area (Å²) >= 11 is 5.83. The van der Waals surface area contributed by atoms with Crippen molar-refractivity contribution in [1.82, 2.24) is 15.3 Å². The molecule has 1 amide bonds. The third-order valence-electron chi connectivity index (χ3n) is 2.47. The molecule has 0 aliphatic rings. The first kappa shape index (κ1) is 14.0. The number of halogens is 1. The number of nitrogens with one attached hydrogen (secondary N) is 2. The number of hydrogen-bond donors (Lipinski definition) is 3. The van der Waals surface area contributed by atoms with Crippen molar-refractivity contribution in [3.63, 3.8) is 0 Å². The first-order valence-corrected chi connectivity index (χ1v) is 6.04. The number of nitrogens with zero attached hydrogens (tertiary/aromatic N) is 2. The first-order chi connectivity index (χ1) is 9.45. The summed E-state index contributed by atoms with van der Waals surface area (Å²) in [7, 11) is 0. The maximum Gasteiger partial charge on any atom is 0.410 e. The fourth-order valence-electron chi connectivity index (χ4n) is 1.64. The average molecular weight is 291 g/mol. The van der Waals surface area contributed by atoms with E-state index in [1.807, 2.05) is 5.32 Å². The van der Waals surface area contributed by atoms with Crippen LogP contribution in [0.15, 0.2) is 30.3 Å². The molecule has 1 aromatic carbocycles. The smallest absolute Gasteiger partial charge is 0.410 e. The van der Waals surface area contributed by atoms with Gasteiger partial charge in [-0.2, -0.15) is 0 Å². The molecule has 1 heterocycles. The van der Waals surface area contributed by atoms with Crippen molar-refractivity contribution in [1.29, 1.82) is 5.41 Å². The first-order valence-electron chi connectivity index (χ1n) is 5.66. The fraction of sp³-hybridized carbons (Fsp3) is 0.0769. The van der Waals surface area contributed by atoms with E-state index in [9.17, 15) is 4.79 Å². The highest BCUT2D eigenvalue weighted by Gasteiger charge is 2.10. The zero-order valence-corrected chi connectivity index (χ0v) is 11.3. The third kappa shape index (κ3) is 3.30. The quantitative estimate of drug-likeness (QED) is 0.585. The van der Waals surface area contributed by atoms with Crippen molar-refractivity contribution in [3.05, 3.63) is 46.9 Å². The van der Waals surface area contributed by atoms with Gasteiger partial charge in [-0.05, 0) is 25.1 Å². The van der Waals surface area contributed by atoms with Crippen molar-refractivity contribution in [3.8, 4) is 11.3 Å². The maximum absolute atomic E-state index is 10.6. The van der Waals surface area contributed by atoms with Gasteiger partial charge in [-0.3, -0.25) is 10.7 Å². The van der Waals surface area contributed by atoms with Gasteiger partial charge in [0.2, 0.25) is 0 Å². The van der Waals surface area contributed by atoms with E-state index in [4.69, 9.17) is 22.1 Å². The summed E-state index contributed by atoms with van der Waals surface area (Å²) in [4.78, 5) is 18.9. The van der Waals surface area contributed by atoms with Crippen LogP contribution in [0.1, 0.15) is 11.5 Å². The third-order valence-corrected chi connectivity index (χ3v) is 2.72. The number of amides is 1. The molecule has 2 rings (SSSR count). The van der Waals surface area contributed by atoms with Gasteiger partial charge in [-0.1, -0.05) is 23.7 Å². The molecule has 0 spiro atoms. The minimum absolute atomic E-state index is 0.213. The van der Waals surface area contributed by atoms with Crippen LogP contribution in [0.2, 0.25) is 5.02 Å². The standard InChI is InChI=1S/C13H11ClN4O2/c1-7-16-10(8-2-4-9(14)5-3-8)6-11(17-7)12(15)18-13(19)20/h2-6H,1H3,(H2,15,18)(H,19,20). The van der Waals surface area contributed by atoms with Crippen molar-refractivity contribution in [2.45, 2.75) is 6.92 Å². The number of carboxylic acid groups (broad SMARTS) is 1. The summed E-state index contributed by atoms with van der Waals surface area (Å²) in [5.74, 6) is 0.155. The van der Waals surface area contributed by atoms with Crippen LogP contribution in [0.3, 0.4) is 0 Å². The average Bonchev–Trinajstić information content (AvgIpc) is 2.38. The van der Waals surface area contributed by atoms with E-state index in [-0.39, 0.29) is 11.5 Å². The number of rotatable bonds is 2. The molecule has 0 saturated heterocycles. The summed E-state index contributed by atoms with van der Waals surface area (Å²) in [6.45, 7) is 1.68. The zero-order chi connectivity index (χ0) is 14.7. The molecule has 0 saturated carbocycles. The highest BCUT2D eigenvalue weighted by atomic mass is 35.5. The molecule has 0 aliphatic heterocycles. The minimum Gasteiger partial charge on any atom is -0.465 e. The summed E-state index contributed by atoms with van der Waals surface area (Å²) in [5, 5.41) is 18.8. The van der Waals surface area contributed by atoms with E-state index in [2.05, 4.69) is 9.97 Å². The van der Waals surface area contributed by atoms with Gasteiger partial charge >= 0.3 is 6.09 Å². The normalized spacial score (nSPS) is 10.1. The predicted molar refractivity (Wildman–Crippen MR) is 75.2 cm³/mol. The lowest BCUT2D eigenvalue weighted by Gasteiger charge is -2.07. The van der Waals surface area contributed by atoms with Gasteiger partial charge in [0.25, 0.3) is 0 Å². The van der Waals surface area contributed by atoms with E-state index in [1.165, 1.54) is 0 Å². The van der Waals surface area contributed by atoms with E-state index in [0.29, 0.717) is 16.5 Å². The number of aryl methyl sites for hydroxylation is 1. The Hall–Kier alpha value is -2.47. The van der Waals surface area contributed by atoms with Crippen LogP contribution in [0.5, 0.6) is 0 Å². The Bertz CT molecular complexity index is 671. The number of hydrogen-bond acceptors (Lipinski definition) is 4. The lowest BCUT2D eigenvalue weighted by Crippen LogP contribution is -2.29. The molecule has 7 heteroatoms.